The predicted octanol–water partition coefficient (Wildman–Crippen LogP) is 6.16. The van der Waals surface area contributed by atoms with Gasteiger partial charge < -0.3 is 14.6 Å². The van der Waals surface area contributed by atoms with Crippen LogP contribution in [0.15, 0.2) is 66.7 Å². The molecule has 0 saturated carbocycles. The Labute approximate surface area is 189 Å². The number of carboxylic acid groups (broad SMARTS) is 1. The van der Waals surface area contributed by atoms with E-state index in [9.17, 15) is 9.90 Å². The molecule has 3 aromatic carbocycles. The molecule has 0 spiro atoms. The molecule has 166 valence electrons. The van der Waals surface area contributed by atoms with Crippen molar-refractivity contribution in [2.45, 2.75) is 32.1 Å². The van der Waals surface area contributed by atoms with Crippen molar-refractivity contribution in [2.75, 3.05) is 20.3 Å². The fourth-order valence-corrected chi connectivity index (χ4v) is 4.88. The Balaban J connectivity index is 1.92. The van der Waals surface area contributed by atoms with Crippen LogP contribution >= 0.6 is 0 Å². The van der Waals surface area contributed by atoms with E-state index < -0.39 is 11.4 Å². The van der Waals surface area contributed by atoms with Crippen molar-refractivity contribution in [3.05, 3.63) is 89.0 Å². The molecular weight excluding hydrogens is 400 g/mol. The van der Waals surface area contributed by atoms with E-state index in [0.717, 1.165) is 18.4 Å². The minimum absolute atomic E-state index is 0.185. The number of fused-ring (bicyclic) bond motifs is 3. The van der Waals surface area contributed by atoms with Gasteiger partial charge in [0.25, 0.3) is 0 Å². The summed E-state index contributed by atoms with van der Waals surface area (Å²) in [6.45, 7) is 5.17. The van der Waals surface area contributed by atoms with E-state index in [0.29, 0.717) is 24.9 Å². The quantitative estimate of drug-likeness (QED) is 0.413. The molecule has 0 fully saturated rings. The largest absolute Gasteiger partial charge is 0.490 e. The molecule has 3 aromatic rings. The molecule has 0 atom stereocenters. The Kier molecular flexibility index (Phi) is 6.33. The van der Waals surface area contributed by atoms with Crippen LogP contribution in [0.2, 0.25) is 0 Å². The first kappa shape index (κ1) is 22.1. The van der Waals surface area contributed by atoms with Gasteiger partial charge in [0.1, 0.15) is 17.9 Å². The van der Waals surface area contributed by atoms with Crippen LogP contribution in [0.4, 0.5) is 0 Å². The van der Waals surface area contributed by atoms with Crippen LogP contribution in [-0.2, 0) is 10.2 Å². The molecule has 0 saturated heterocycles. The Hall–Kier alpha value is -3.11. The summed E-state index contributed by atoms with van der Waals surface area (Å²) < 4.78 is 10.8. The van der Waals surface area contributed by atoms with Gasteiger partial charge >= 0.3 is 5.97 Å². The fourth-order valence-electron chi connectivity index (χ4n) is 4.88. The van der Waals surface area contributed by atoms with Crippen LogP contribution < -0.4 is 4.74 Å². The highest BCUT2D eigenvalue weighted by molar-refractivity contribution is 5.92. The normalized spacial score (nSPS) is 13.6. The first-order chi connectivity index (χ1) is 15.5. The maximum atomic E-state index is 12.2. The SMILES string of the molecule is COCCOc1ccc(C2(CCC(C)C)c3ccccc3-c3ccccc32)cc1C(=O)O. The van der Waals surface area contributed by atoms with Gasteiger partial charge in [0.2, 0.25) is 0 Å². The van der Waals surface area contributed by atoms with Crippen LogP contribution in [0.1, 0.15) is 53.7 Å². The lowest BCUT2D eigenvalue weighted by molar-refractivity contribution is 0.0689. The van der Waals surface area contributed by atoms with Gasteiger partial charge in [-0.3, -0.25) is 0 Å². The van der Waals surface area contributed by atoms with Crippen molar-refractivity contribution in [2.24, 2.45) is 5.92 Å². The average Bonchev–Trinajstić information content (AvgIpc) is 3.09. The zero-order chi connectivity index (χ0) is 22.7. The zero-order valence-electron chi connectivity index (χ0n) is 18.9. The predicted molar refractivity (Wildman–Crippen MR) is 127 cm³/mol. The summed E-state index contributed by atoms with van der Waals surface area (Å²) in [6, 6.07) is 22.7. The van der Waals surface area contributed by atoms with Gasteiger partial charge in [-0.25, -0.2) is 4.79 Å². The molecule has 1 aliphatic rings. The van der Waals surface area contributed by atoms with Crippen molar-refractivity contribution >= 4 is 5.97 Å². The first-order valence-electron chi connectivity index (χ1n) is 11.2. The second-order valence-corrected chi connectivity index (χ2v) is 8.79. The molecule has 1 N–H and O–H groups in total. The molecule has 0 heterocycles. The number of methoxy groups -OCH3 is 1. The summed E-state index contributed by atoms with van der Waals surface area (Å²) in [5.41, 5.74) is 5.72. The Bertz CT molecular complexity index is 1070. The molecule has 0 radical (unpaired) electrons. The third-order valence-electron chi connectivity index (χ3n) is 6.41. The van der Waals surface area contributed by atoms with Crippen molar-refractivity contribution < 1.29 is 19.4 Å². The zero-order valence-corrected chi connectivity index (χ0v) is 18.9. The second-order valence-electron chi connectivity index (χ2n) is 8.79. The van der Waals surface area contributed by atoms with Gasteiger partial charge in [-0.2, -0.15) is 0 Å². The number of ether oxygens (including phenoxy) is 2. The Morgan fingerprint density at radius 3 is 2.12 bits per heavy atom. The molecule has 4 nitrogen and oxygen atoms in total. The third-order valence-corrected chi connectivity index (χ3v) is 6.41. The molecule has 0 amide bonds. The Morgan fingerprint density at radius 2 is 1.56 bits per heavy atom. The highest BCUT2D eigenvalue weighted by Crippen LogP contribution is 2.55. The molecule has 4 rings (SSSR count). The second kappa shape index (κ2) is 9.17. The molecule has 1 aliphatic carbocycles. The average molecular weight is 431 g/mol. The highest BCUT2D eigenvalue weighted by atomic mass is 16.5. The molecule has 0 unspecified atom stereocenters. The maximum Gasteiger partial charge on any atom is 0.339 e. The topological polar surface area (TPSA) is 55.8 Å². The summed E-state index contributed by atoms with van der Waals surface area (Å²) >= 11 is 0. The summed E-state index contributed by atoms with van der Waals surface area (Å²) in [5.74, 6) is -0.0860. The number of hydrogen-bond acceptors (Lipinski definition) is 3. The van der Waals surface area contributed by atoms with Gasteiger partial charge in [0.05, 0.1) is 6.61 Å². The molecular formula is C28H30O4. The monoisotopic (exact) mass is 430 g/mol. The van der Waals surface area contributed by atoms with Crippen LogP contribution in [0.25, 0.3) is 11.1 Å². The van der Waals surface area contributed by atoms with Gasteiger partial charge in [-0.1, -0.05) is 68.4 Å². The fraction of sp³-hybridized carbons (Fsp3) is 0.321. The van der Waals surface area contributed by atoms with Crippen LogP contribution in [-0.4, -0.2) is 31.4 Å². The molecule has 32 heavy (non-hydrogen) atoms. The van der Waals surface area contributed by atoms with E-state index in [1.54, 1.807) is 13.2 Å². The van der Waals surface area contributed by atoms with Gasteiger partial charge in [0.15, 0.2) is 0 Å². The number of hydrogen-bond donors (Lipinski definition) is 1. The standard InChI is InChI=1S/C28H30O4/c1-19(2)14-15-28(20-12-13-26(32-17-16-31-3)23(18-20)27(29)30)24-10-6-4-8-21(24)22-9-5-7-11-25(22)28/h4-13,18-19H,14-17H2,1-3H3,(H,29,30). The smallest absolute Gasteiger partial charge is 0.339 e. The number of carbonyl (C=O) groups is 1. The highest BCUT2D eigenvalue weighted by Gasteiger charge is 2.44. The maximum absolute atomic E-state index is 12.2. The van der Waals surface area contributed by atoms with Gasteiger partial charge in [-0.05, 0) is 58.7 Å². The number of carboxylic acids is 1. The van der Waals surface area contributed by atoms with Crippen molar-refractivity contribution in [1.82, 2.24) is 0 Å². The lowest BCUT2D eigenvalue weighted by atomic mass is 9.68. The first-order valence-corrected chi connectivity index (χ1v) is 11.2. The minimum atomic E-state index is -0.988. The Morgan fingerprint density at radius 1 is 0.938 bits per heavy atom. The third kappa shape index (κ3) is 3.80. The van der Waals surface area contributed by atoms with Crippen LogP contribution in [0.5, 0.6) is 5.75 Å². The van der Waals surface area contributed by atoms with E-state index >= 15 is 0 Å². The summed E-state index contributed by atoms with van der Waals surface area (Å²) in [6.07, 6.45) is 1.93. The number of aromatic carboxylic acids is 1. The lowest BCUT2D eigenvalue weighted by Crippen LogP contribution is -2.28. The lowest BCUT2D eigenvalue weighted by Gasteiger charge is -2.34. The molecule has 4 heteroatoms. The van der Waals surface area contributed by atoms with Gasteiger partial charge in [-0.15, -0.1) is 0 Å². The number of benzene rings is 3. The van der Waals surface area contributed by atoms with E-state index in [-0.39, 0.29) is 5.56 Å². The van der Waals surface area contributed by atoms with E-state index in [2.05, 4.69) is 62.4 Å². The minimum Gasteiger partial charge on any atom is -0.490 e. The summed E-state index contributed by atoms with van der Waals surface area (Å²) in [5, 5.41) is 9.97. The van der Waals surface area contributed by atoms with E-state index in [4.69, 9.17) is 9.47 Å². The van der Waals surface area contributed by atoms with Crippen molar-refractivity contribution in [1.29, 1.82) is 0 Å². The van der Waals surface area contributed by atoms with Crippen LogP contribution in [0.3, 0.4) is 0 Å². The molecule has 0 aliphatic heterocycles. The van der Waals surface area contributed by atoms with Crippen molar-refractivity contribution in [3.63, 3.8) is 0 Å². The van der Waals surface area contributed by atoms with Gasteiger partial charge in [0, 0.05) is 12.5 Å². The summed E-state index contributed by atoms with van der Waals surface area (Å²) in [7, 11) is 1.60. The van der Waals surface area contributed by atoms with E-state index in [1.807, 2.05) is 12.1 Å². The van der Waals surface area contributed by atoms with E-state index in [1.165, 1.54) is 22.3 Å². The molecule has 0 aromatic heterocycles. The van der Waals surface area contributed by atoms with Crippen molar-refractivity contribution in [3.8, 4) is 16.9 Å². The van der Waals surface area contributed by atoms with Crippen LogP contribution in [0, 0.1) is 5.92 Å². The summed E-state index contributed by atoms with van der Waals surface area (Å²) in [4.78, 5) is 12.2. The molecule has 0 bridgehead atoms. The number of rotatable bonds is 9.